The van der Waals surface area contributed by atoms with Crippen molar-refractivity contribution in [1.29, 1.82) is 0 Å². The predicted octanol–water partition coefficient (Wildman–Crippen LogP) is 2.35. The zero-order valence-corrected chi connectivity index (χ0v) is 14.3. The third-order valence-corrected chi connectivity index (χ3v) is 4.13. The van der Waals surface area contributed by atoms with Gasteiger partial charge < -0.3 is 0 Å². The Morgan fingerprint density at radius 1 is 1.04 bits per heavy atom. The second kappa shape index (κ2) is 7.31. The summed E-state index contributed by atoms with van der Waals surface area (Å²) in [5, 5.41) is 12.3. The molecular weight excluding hydrogens is 300 g/mol. The number of aryl methyl sites for hydroxylation is 2. The number of pyridine rings is 1. The number of aromatic nitrogens is 5. The third-order valence-electron chi connectivity index (χ3n) is 4.13. The number of hydrogen-bond donors (Lipinski definition) is 0. The monoisotopic (exact) mass is 322 g/mol. The fourth-order valence-corrected chi connectivity index (χ4v) is 2.81. The van der Waals surface area contributed by atoms with Gasteiger partial charge in [0.2, 0.25) is 0 Å². The van der Waals surface area contributed by atoms with Crippen LogP contribution in [0, 0.1) is 13.8 Å². The van der Waals surface area contributed by atoms with Crippen LogP contribution in [0.5, 0.6) is 0 Å². The minimum absolute atomic E-state index is 0.700. The molecule has 0 aliphatic rings. The summed E-state index contributed by atoms with van der Waals surface area (Å²) in [5.41, 5.74) is 4.69. The fraction of sp³-hybridized carbons (Fsp3) is 0.333. The van der Waals surface area contributed by atoms with Gasteiger partial charge in [-0.2, -0.15) is 4.68 Å². The van der Waals surface area contributed by atoms with E-state index in [4.69, 9.17) is 0 Å². The number of benzene rings is 1. The first-order valence-electron chi connectivity index (χ1n) is 8.06. The highest BCUT2D eigenvalue weighted by Gasteiger charge is 2.14. The van der Waals surface area contributed by atoms with Gasteiger partial charge in [-0.15, -0.1) is 5.10 Å². The molecule has 0 radical (unpaired) electrons. The van der Waals surface area contributed by atoms with Crippen LogP contribution < -0.4 is 0 Å². The Bertz CT molecular complexity index is 776. The first-order chi connectivity index (χ1) is 11.6. The molecule has 6 nitrogen and oxygen atoms in total. The van der Waals surface area contributed by atoms with Crippen LogP contribution >= 0.6 is 0 Å². The highest BCUT2D eigenvalue weighted by atomic mass is 15.5. The molecule has 0 saturated heterocycles. The number of hydrogen-bond acceptors (Lipinski definition) is 5. The van der Waals surface area contributed by atoms with Crippen LogP contribution in [0.15, 0.2) is 42.7 Å². The number of rotatable bonds is 6. The summed E-state index contributed by atoms with van der Waals surface area (Å²) in [6.45, 7) is 5.80. The lowest BCUT2D eigenvalue weighted by atomic mass is 10.1. The molecule has 2 heterocycles. The highest BCUT2D eigenvalue weighted by molar-refractivity contribution is 5.46. The molecule has 2 aromatic heterocycles. The highest BCUT2D eigenvalue weighted by Crippen LogP contribution is 2.19. The second-order valence-corrected chi connectivity index (χ2v) is 6.09. The van der Waals surface area contributed by atoms with Crippen LogP contribution in [0.2, 0.25) is 0 Å². The van der Waals surface area contributed by atoms with Gasteiger partial charge in [-0.1, -0.05) is 18.2 Å². The van der Waals surface area contributed by atoms with Crippen molar-refractivity contribution in [2.45, 2.75) is 26.8 Å². The summed E-state index contributed by atoms with van der Waals surface area (Å²) >= 11 is 0. The van der Waals surface area contributed by atoms with Crippen molar-refractivity contribution in [3.63, 3.8) is 0 Å². The van der Waals surface area contributed by atoms with Gasteiger partial charge in [0.05, 0.1) is 12.2 Å². The van der Waals surface area contributed by atoms with E-state index in [0.29, 0.717) is 6.54 Å². The van der Waals surface area contributed by atoms with E-state index in [-0.39, 0.29) is 0 Å². The summed E-state index contributed by atoms with van der Waals surface area (Å²) in [6, 6.07) is 10.3. The third kappa shape index (κ3) is 3.65. The maximum Gasteiger partial charge on any atom is 0.170 e. The van der Waals surface area contributed by atoms with Gasteiger partial charge in [-0.25, -0.2) is 0 Å². The molecule has 0 N–H and O–H groups in total. The van der Waals surface area contributed by atoms with Gasteiger partial charge in [0, 0.05) is 18.9 Å². The average molecular weight is 322 g/mol. The van der Waals surface area contributed by atoms with E-state index in [1.54, 1.807) is 0 Å². The molecule has 0 bridgehead atoms. The molecule has 0 fully saturated rings. The molecule has 3 aromatic rings. The maximum absolute atomic E-state index is 4.22. The standard InChI is InChI=1S/C18H22N6/c1-14-5-4-6-15(2)18(14)24-17(20-21-22-24)13-23(3)12-9-16-7-10-19-11-8-16/h4-8,10-11H,9,12-13H2,1-3H3. The van der Waals surface area contributed by atoms with Crippen molar-refractivity contribution < 1.29 is 0 Å². The Labute approximate surface area is 142 Å². The Morgan fingerprint density at radius 2 is 1.75 bits per heavy atom. The van der Waals surface area contributed by atoms with Gasteiger partial charge in [0.1, 0.15) is 0 Å². The van der Waals surface area contributed by atoms with Crippen LogP contribution in [-0.2, 0) is 13.0 Å². The predicted molar refractivity (Wildman–Crippen MR) is 92.9 cm³/mol. The Kier molecular flexibility index (Phi) is 4.96. The Balaban J connectivity index is 1.72. The zero-order valence-electron chi connectivity index (χ0n) is 14.3. The molecule has 124 valence electrons. The van der Waals surface area contributed by atoms with Crippen LogP contribution in [0.3, 0.4) is 0 Å². The van der Waals surface area contributed by atoms with Crippen molar-refractivity contribution >= 4 is 0 Å². The summed E-state index contributed by atoms with van der Waals surface area (Å²) in [7, 11) is 2.09. The first kappa shape index (κ1) is 16.3. The van der Waals surface area contributed by atoms with Crippen LogP contribution in [0.25, 0.3) is 5.69 Å². The zero-order chi connectivity index (χ0) is 16.9. The topological polar surface area (TPSA) is 59.7 Å². The van der Waals surface area contributed by atoms with Crippen LogP contribution in [-0.4, -0.2) is 43.7 Å². The molecule has 0 amide bonds. The lowest BCUT2D eigenvalue weighted by Crippen LogP contribution is -2.23. The normalized spacial score (nSPS) is 11.2. The van der Waals surface area contributed by atoms with E-state index < -0.39 is 0 Å². The summed E-state index contributed by atoms with van der Waals surface area (Å²) in [4.78, 5) is 6.28. The van der Waals surface area contributed by atoms with E-state index in [0.717, 1.165) is 24.5 Å². The minimum atomic E-state index is 0.700. The fourth-order valence-electron chi connectivity index (χ4n) is 2.81. The SMILES string of the molecule is Cc1cccc(C)c1-n1nnnc1CN(C)CCc1ccncc1. The quantitative estimate of drug-likeness (QED) is 0.697. The second-order valence-electron chi connectivity index (χ2n) is 6.09. The minimum Gasteiger partial charge on any atom is -0.299 e. The molecule has 0 atom stereocenters. The number of para-hydroxylation sites is 1. The van der Waals surface area contributed by atoms with Gasteiger partial charge in [-0.05, 0) is 66.6 Å². The first-order valence-corrected chi connectivity index (χ1v) is 8.06. The molecule has 6 heteroatoms. The summed E-state index contributed by atoms with van der Waals surface area (Å²) in [5.74, 6) is 0.852. The lowest BCUT2D eigenvalue weighted by molar-refractivity contribution is 0.319. The molecule has 0 aliphatic heterocycles. The van der Waals surface area contributed by atoms with Crippen molar-refractivity contribution in [2.75, 3.05) is 13.6 Å². The molecule has 24 heavy (non-hydrogen) atoms. The maximum atomic E-state index is 4.22. The number of nitrogens with zero attached hydrogens (tertiary/aromatic N) is 6. The van der Waals surface area contributed by atoms with Crippen molar-refractivity contribution in [3.05, 3.63) is 65.2 Å². The van der Waals surface area contributed by atoms with E-state index in [9.17, 15) is 0 Å². The smallest absolute Gasteiger partial charge is 0.170 e. The van der Waals surface area contributed by atoms with E-state index in [1.165, 1.54) is 16.7 Å². The summed E-state index contributed by atoms with van der Waals surface area (Å²) < 4.78 is 1.85. The largest absolute Gasteiger partial charge is 0.299 e. The van der Waals surface area contributed by atoms with E-state index in [2.05, 4.69) is 76.6 Å². The molecule has 1 aromatic carbocycles. The van der Waals surface area contributed by atoms with Gasteiger partial charge in [0.25, 0.3) is 0 Å². The number of tetrazole rings is 1. The summed E-state index contributed by atoms with van der Waals surface area (Å²) in [6.07, 6.45) is 4.64. The van der Waals surface area contributed by atoms with E-state index in [1.807, 2.05) is 17.1 Å². The molecular formula is C18H22N6. The Hall–Kier alpha value is -2.60. The molecule has 0 spiro atoms. The average Bonchev–Trinajstić information content (AvgIpc) is 3.02. The van der Waals surface area contributed by atoms with Gasteiger partial charge in [-0.3, -0.25) is 9.88 Å². The van der Waals surface area contributed by atoms with E-state index >= 15 is 0 Å². The van der Waals surface area contributed by atoms with Crippen molar-refractivity contribution in [3.8, 4) is 5.69 Å². The van der Waals surface area contributed by atoms with Crippen molar-refractivity contribution in [1.82, 2.24) is 30.1 Å². The van der Waals surface area contributed by atoms with Gasteiger partial charge in [0.15, 0.2) is 5.82 Å². The molecule has 3 rings (SSSR count). The van der Waals surface area contributed by atoms with Crippen LogP contribution in [0.4, 0.5) is 0 Å². The molecule has 0 aliphatic carbocycles. The van der Waals surface area contributed by atoms with Crippen LogP contribution in [0.1, 0.15) is 22.5 Å². The lowest BCUT2D eigenvalue weighted by Gasteiger charge is -2.17. The van der Waals surface area contributed by atoms with Crippen molar-refractivity contribution in [2.24, 2.45) is 0 Å². The molecule has 0 unspecified atom stereocenters. The van der Waals surface area contributed by atoms with Gasteiger partial charge >= 0.3 is 0 Å². The molecule has 0 saturated carbocycles. The number of likely N-dealkylation sites (N-methyl/N-ethyl adjacent to an activating group) is 1. The Morgan fingerprint density at radius 3 is 2.46 bits per heavy atom.